The van der Waals surface area contributed by atoms with E-state index in [0.717, 1.165) is 31.1 Å². The molecule has 2 rings (SSSR count). The van der Waals surface area contributed by atoms with Crippen molar-refractivity contribution in [1.82, 2.24) is 5.32 Å². The molecule has 0 aromatic rings. The molecule has 5 atom stereocenters. The molecule has 0 aromatic carbocycles. The van der Waals surface area contributed by atoms with Crippen molar-refractivity contribution in [2.45, 2.75) is 77.8 Å². The predicted molar refractivity (Wildman–Crippen MR) is 81.5 cm³/mol. The maximum absolute atomic E-state index is 11.9. The summed E-state index contributed by atoms with van der Waals surface area (Å²) in [4.78, 5) is 11.9. The van der Waals surface area contributed by atoms with Gasteiger partial charge in [-0.25, -0.2) is 0 Å². The number of rotatable bonds is 5. The molecule has 0 heterocycles. The zero-order valence-corrected chi connectivity index (χ0v) is 13.4. The monoisotopic (exact) mass is 281 g/mol. The van der Waals surface area contributed by atoms with Crippen LogP contribution in [0.5, 0.6) is 0 Å². The van der Waals surface area contributed by atoms with Gasteiger partial charge in [0.25, 0.3) is 0 Å². The molecule has 2 saturated carbocycles. The Morgan fingerprint density at radius 1 is 1.20 bits per heavy atom. The van der Waals surface area contributed by atoms with Gasteiger partial charge in [-0.1, -0.05) is 26.7 Å². The number of nitrogens with one attached hydrogen (secondary N) is 1. The number of hydrogen-bond donors (Lipinski definition) is 1. The average Bonchev–Trinajstić information content (AvgIpc) is 2.80. The van der Waals surface area contributed by atoms with Crippen LogP contribution >= 0.6 is 0 Å². The van der Waals surface area contributed by atoms with Crippen molar-refractivity contribution in [2.24, 2.45) is 17.8 Å². The minimum Gasteiger partial charge on any atom is -0.466 e. The molecule has 0 radical (unpaired) electrons. The van der Waals surface area contributed by atoms with Crippen molar-refractivity contribution in [2.75, 3.05) is 6.61 Å². The van der Waals surface area contributed by atoms with Gasteiger partial charge in [-0.15, -0.1) is 0 Å². The highest BCUT2D eigenvalue weighted by molar-refractivity contribution is 5.72. The van der Waals surface area contributed by atoms with Gasteiger partial charge in [-0.3, -0.25) is 4.79 Å². The first-order valence-electron chi connectivity index (χ1n) is 8.58. The fourth-order valence-corrected chi connectivity index (χ4v) is 4.18. The Kier molecular flexibility index (Phi) is 5.88. The number of hydrogen-bond acceptors (Lipinski definition) is 3. The van der Waals surface area contributed by atoms with Gasteiger partial charge >= 0.3 is 5.97 Å². The van der Waals surface area contributed by atoms with Gasteiger partial charge in [0.15, 0.2) is 0 Å². The number of ether oxygens (including phenoxy) is 1. The number of esters is 1. The Morgan fingerprint density at radius 3 is 2.65 bits per heavy atom. The van der Waals surface area contributed by atoms with E-state index in [4.69, 9.17) is 4.74 Å². The van der Waals surface area contributed by atoms with Crippen LogP contribution in [0.1, 0.15) is 65.7 Å². The summed E-state index contributed by atoms with van der Waals surface area (Å²) in [5.74, 6) is 1.81. The lowest BCUT2D eigenvalue weighted by Gasteiger charge is -2.32. The minimum atomic E-state index is 0.0184. The zero-order valence-electron chi connectivity index (χ0n) is 13.4. The Balaban J connectivity index is 1.82. The number of carbonyl (C=O) groups is 1. The lowest BCUT2D eigenvalue weighted by molar-refractivity contribution is -0.149. The molecular formula is C17H31NO2. The van der Waals surface area contributed by atoms with Crippen LogP contribution in [0.2, 0.25) is 0 Å². The summed E-state index contributed by atoms with van der Waals surface area (Å²) in [7, 11) is 0. The summed E-state index contributed by atoms with van der Waals surface area (Å²) in [6.45, 7) is 7.10. The van der Waals surface area contributed by atoms with Gasteiger partial charge in [0, 0.05) is 12.1 Å². The van der Waals surface area contributed by atoms with Gasteiger partial charge in [0.2, 0.25) is 0 Å². The van der Waals surface area contributed by atoms with E-state index in [0.29, 0.717) is 18.7 Å². The molecule has 3 nitrogen and oxygen atoms in total. The highest BCUT2D eigenvalue weighted by Crippen LogP contribution is 2.35. The van der Waals surface area contributed by atoms with E-state index in [9.17, 15) is 4.79 Å². The summed E-state index contributed by atoms with van der Waals surface area (Å²) >= 11 is 0. The Bertz CT molecular complexity index is 318. The van der Waals surface area contributed by atoms with Crippen molar-refractivity contribution in [3.05, 3.63) is 0 Å². The van der Waals surface area contributed by atoms with Crippen LogP contribution in [-0.4, -0.2) is 24.7 Å². The first kappa shape index (κ1) is 15.8. The molecule has 1 N–H and O–H groups in total. The van der Waals surface area contributed by atoms with Crippen LogP contribution in [0.15, 0.2) is 0 Å². The lowest BCUT2D eigenvalue weighted by atomic mass is 9.84. The maximum Gasteiger partial charge on any atom is 0.308 e. The summed E-state index contributed by atoms with van der Waals surface area (Å²) in [5.41, 5.74) is 0. The van der Waals surface area contributed by atoms with Crippen LogP contribution in [0.4, 0.5) is 0 Å². The van der Waals surface area contributed by atoms with Crippen LogP contribution in [0, 0.1) is 17.8 Å². The fraction of sp³-hybridized carbons (Fsp3) is 0.941. The summed E-state index contributed by atoms with van der Waals surface area (Å²) in [5, 5.41) is 3.85. The van der Waals surface area contributed by atoms with Crippen molar-refractivity contribution in [1.29, 1.82) is 0 Å². The Hall–Kier alpha value is -0.570. The molecule has 0 spiro atoms. The van der Waals surface area contributed by atoms with Crippen molar-refractivity contribution in [3.63, 3.8) is 0 Å². The second kappa shape index (κ2) is 7.44. The molecule has 5 unspecified atom stereocenters. The SMILES string of the molecule is CCOC(=O)C1CCCC(NC2CCC(CC)C2C)C1. The van der Waals surface area contributed by atoms with E-state index in [1.807, 2.05) is 6.92 Å². The van der Waals surface area contributed by atoms with E-state index in [2.05, 4.69) is 19.2 Å². The Labute approximate surface area is 123 Å². The molecular weight excluding hydrogens is 250 g/mol. The van der Waals surface area contributed by atoms with E-state index in [1.54, 1.807) is 0 Å². The molecule has 0 bridgehead atoms. The summed E-state index contributed by atoms with van der Waals surface area (Å²) < 4.78 is 5.19. The van der Waals surface area contributed by atoms with Crippen molar-refractivity contribution in [3.8, 4) is 0 Å². The van der Waals surface area contributed by atoms with Gasteiger partial charge in [0.05, 0.1) is 12.5 Å². The number of carbonyl (C=O) groups excluding carboxylic acids is 1. The highest BCUT2D eigenvalue weighted by Gasteiger charge is 2.35. The van der Waals surface area contributed by atoms with Crippen molar-refractivity contribution >= 4 is 5.97 Å². The normalized spacial score (nSPS) is 37.9. The summed E-state index contributed by atoms with van der Waals surface area (Å²) in [6, 6.07) is 1.17. The van der Waals surface area contributed by atoms with Crippen LogP contribution < -0.4 is 5.32 Å². The average molecular weight is 281 g/mol. The molecule has 116 valence electrons. The molecule has 2 fully saturated rings. The molecule has 2 aliphatic carbocycles. The smallest absolute Gasteiger partial charge is 0.308 e. The second-order valence-corrected chi connectivity index (χ2v) is 6.69. The quantitative estimate of drug-likeness (QED) is 0.784. The third-order valence-corrected chi connectivity index (χ3v) is 5.50. The van der Waals surface area contributed by atoms with Gasteiger partial charge in [0.1, 0.15) is 0 Å². The van der Waals surface area contributed by atoms with Gasteiger partial charge in [-0.2, -0.15) is 0 Å². The Morgan fingerprint density at radius 2 is 2.00 bits per heavy atom. The highest BCUT2D eigenvalue weighted by atomic mass is 16.5. The van der Waals surface area contributed by atoms with Gasteiger partial charge < -0.3 is 10.1 Å². The van der Waals surface area contributed by atoms with Crippen LogP contribution in [0.3, 0.4) is 0 Å². The topological polar surface area (TPSA) is 38.3 Å². The fourth-order valence-electron chi connectivity index (χ4n) is 4.18. The lowest BCUT2D eigenvalue weighted by Crippen LogP contribution is -2.44. The first-order valence-corrected chi connectivity index (χ1v) is 8.58. The minimum absolute atomic E-state index is 0.0184. The molecule has 0 aromatic heterocycles. The van der Waals surface area contributed by atoms with Gasteiger partial charge in [-0.05, 0) is 50.9 Å². The molecule has 0 aliphatic heterocycles. The molecule has 0 amide bonds. The van der Waals surface area contributed by atoms with E-state index < -0.39 is 0 Å². The molecule has 0 saturated heterocycles. The zero-order chi connectivity index (χ0) is 14.5. The first-order chi connectivity index (χ1) is 9.65. The van der Waals surface area contributed by atoms with Crippen molar-refractivity contribution < 1.29 is 9.53 Å². The van der Waals surface area contributed by atoms with E-state index >= 15 is 0 Å². The summed E-state index contributed by atoms with van der Waals surface area (Å²) in [6.07, 6.45) is 8.32. The van der Waals surface area contributed by atoms with Crippen LogP contribution in [0.25, 0.3) is 0 Å². The third-order valence-electron chi connectivity index (χ3n) is 5.50. The predicted octanol–water partition coefficient (Wildman–Crippen LogP) is 3.52. The standard InChI is InChI=1S/C17H31NO2/c1-4-13-9-10-16(12(13)3)18-15-8-6-7-14(11-15)17(19)20-5-2/h12-16,18H,4-11H2,1-3H3. The van der Waals surface area contributed by atoms with Crippen LogP contribution in [-0.2, 0) is 9.53 Å². The maximum atomic E-state index is 11.9. The third kappa shape index (κ3) is 3.75. The second-order valence-electron chi connectivity index (χ2n) is 6.69. The molecule has 2 aliphatic rings. The van der Waals surface area contributed by atoms with E-state index in [-0.39, 0.29) is 11.9 Å². The largest absolute Gasteiger partial charge is 0.466 e. The molecule has 20 heavy (non-hydrogen) atoms. The van der Waals surface area contributed by atoms with E-state index in [1.165, 1.54) is 25.7 Å². The molecule has 3 heteroatoms.